The van der Waals surface area contributed by atoms with Crippen LogP contribution in [0.25, 0.3) is 0 Å². The number of carbonyl (C=O) groups is 1. The van der Waals surface area contributed by atoms with Gasteiger partial charge in [0, 0.05) is 11.3 Å². The standard InChI is InChI=1S/C19H19FN2O/c1-13(2)10-16-12-15(6-7-18(16)20)19(23)22-17-5-3-4-14(11-17)8-9-21/h3-7,11-13H,8,10H2,1-2H3,(H,22,23). The Morgan fingerprint density at radius 3 is 2.74 bits per heavy atom. The first kappa shape index (κ1) is 16.7. The van der Waals surface area contributed by atoms with E-state index in [4.69, 9.17) is 5.26 Å². The van der Waals surface area contributed by atoms with Crippen molar-refractivity contribution in [2.24, 2.45) is 5.92 Å². The molecule has 2 rings (SSSR count). The minimum absolute atomic E-state index is 0.286. The average Bonchev–Trinajstić information content (AvgIpc) is 2.49. The molecule has 2 aromatic rings. The third-order valence-electron chi connectivity index (χ3n) is 3.40. The van der Waals surface area contributed by atoms with Gasteiger partial charge in [-0.2, -0.15) is 5.26 Å². The Kier molecular flexibility index (Phi) is 5.48. The molecule has 0 spiro atoms. The van der Waals surface area contributed by atoms with Gasteiger partial charge in [-0.25, -0.2) is 4.39 Å². The molecule has 118 valence electrons. The molecule has 0 saturated carbocycles. The maximum atomic E-state index is 13.8. The summed E-state index contributed by atoms with van der Waals surface area (Å²) in [5.74, 6) is -0.263. The Labute approximate surface area is 135 Å². The van der Waals surface area contributed by atoms with Crippen LogP contribution >= 0.6 is 0 Å². The van der Waals surface area contributed by atoms with E-state index in [1.807, 2.05) is 19.9 Å². The predicted octanol–water partition coefficient (Wildman–Crippen LogP) is 4.34. The predicted molar refractivity (Wildman–Crippen MR) is 88.7 cm³/mol. The summed E-state index contributed by atoms with van der Waals surface area (Å²) in [6, 6.07) is 13.6. The van der Waals surface area contributed by atoms with E-state index in [1.165, 1.54) is 12.1 Å². The molecule has 0 heterocycles. The zero-order valence-electron chi connectivity index (χ0n) is 13.3. The maximum absolute atomic E-state index is 13.8. The molecule has 0 radical (unpaired) electrons. The SMILES string of the molecule is CC(C)Cc1cc(C(=O)Nc2cccc(CC#N)c2)ccc1F. The number of hydrogen-bond donors (Lipinski definition) is 1. The Morgan fingerprint density at radius 1 is 1.26 bits per heavy atom. The molecule has 0 aliphatic rings. The first-order valence-electron chi connectivity index (χ1n) is 7.55. The summed E-state index contributed by atoms with van der Waals surface area (Å²) >= 11 is 0. The van der Waals surface area contributed by atoms with E-state index in [0.717, 1.165) is 5.56 Å². The van der Waals surface area contributed by atoms with E-state index in [9.17, 15) is 9.18 Å². The van der Waals surface area contributed by atoms with Gasteiger partial charge in [0.25, 0.3) is 5.91 Å². The first-order valence-corrected chi connectivity index (χ1v) is 7.55. The van der Waals surface area contributed by atoms with Gasteiger partial charge < -0.3 is 5.32 Å². The highest BCUT2D eigenvalue weighted by Crippen LogP contribution is 2.17. The summed E-state index contributed by atoms with van der Waals surface area (Å²) in [6.07, 6.45) is 0.878. The molecule has 1 N–H and O–H groups in total. The lowest BCUT2D eigenvalue weighted by Crippen LogP contribution is -2.13. The van der Waals surface area contributed by atoms with Gasteiger partial charge in [-0.1, -0.05) is 26.0 Å². The molecule has 0 aliphatic carbocycles. The fourth-order valence-electron chi connectivity index (χ4n) is 2.37. The number of nitrogens with one attached hydrogen (secondary N) is 1. The highest BCUT2D eigenvalue weighted by molar-refractivity contribution is 6.04. The molecule has 0 atom stereocenters. The molecule has 0 unspecified atom stereocenters. The van der Waals surface area contributed by atoms with Gasteiger partial charge in [0.05, 0.1) is 12.5 Å². The Hall–Kier alpha value is -2.67. The molecule has 1 amide bonds. The van der Waals surface area contributed by atoms with Gasteiger partial charge in [-0.3, -0.25) is 4.79 Å². The van der Waals surface area contributed by atoms with E-state index in [0.29, 0.717) is 35.6 Å². The molecule has 3 nitrogen and oxygen atoms in total. The molecule has 0 fully saturated rings. The van der Waals surface area contributed by atoms with Crippen molar-refractivity contribution < 1.29 is 9.18 Å². The number of hydrogen-bond acceptors (Lipinski definition) is 2. The summed E-state index contributed by atoms with van der Waals surface area (Å²) < 4.78 is 13.8. The quantitative estimate of drug-likeness (QED) is 0.893. The lowest BCUT2D eigenvalue weighted by Gasteiger charge is -2.10. The topological polar surface area (TPSA) is 52.9 Å². The van der Waals surface area contributed by atoms with Crippen LogP contribution in [0, 0.1) is 23.1 Å². The van der Waals surface area contributed by atoms with Gasteiger partial charge in [-0.05, 0) is 53.8 Å². The fraction of sp³-hybridized carbons (Fsp3) is 0.263. The smallest absolute Gasteiger partial charge is 0.255 e. The van der Waals surface area contributed by atoms with Gasteiger partial charge >= 0.3 is 0 Å². The Morgan fingerprint density at radius 2 is 2.04 bits per heavy atom. The summed E-state index contributed by atoms with van der Waals surface area (Å²) in [5, 5.41) is 11.5. The number of halogens is 1. The van der Waals surface area contributed by atoms with Gasteiger partial charge in [-0.15, -0.1) is 0 Å². The van der Waals surface area contributed by atoms with Crippen molar-refractivity contribution in [2.45, 2.75) is 26.7 Å². The summed E-state index contributed by atoms with van der Waals surface area (Å²) in [7, 11) is 0. The van der Waals surface area contributed by atoms with E-state index in [-0.39, 0.29) is 11.7 Å². The number of anilines is 1. The van der Waals surface area contributed by atoms with Crippen LogP contribution in [0.4, 0.5) is 10.1 Å². The average molecular weight is 310 g/mol. The minimum atomic E-state index is -0.288. The second-order valence-electron chi connectivity index (χ2n) is 5.89. The molecule has 0 aromatic heterocycles. The number of benzene rings is 2. The van der Waals surface area contributed by atoms with E-state index in [1.54, 1.807) is 24.3 Å². The second-order valence-corrected chi connectivity index (χ2v) is 5.89. The third kappa shape index (κ3) is 4.65. The van der Waals surface area contributed by atoms with Crippen LogP contribution in [0.3, 0.4) is 0 Å². The Balaban J connectivity index is 2.17. The van der Waals surface area contributed by atoms with Gasteiger partial charge in [0.1, 0.15) is 5.82 Å². The van der Waals surface area contributed by atoms with Crippen molar-refractivity contribution in [2.75, 3.05) is 5.32 Å². The van der Waals surface area contributed by atoms with Crippen molar-refractivity contribution >= 4 is 11.6 Å². The molecular formula is C19H19FN2O. The van der Waals surface area contributed by atoms with Crippen LogP contribution < -0.4 is 5.32 Å². The van der Waals surface area contributed by atoms with Crippen LogP contribution in [0.2, 0.25) is 0 Å². The fourth-order valence-corrected chi connectivity index (χ4v) is 2.37. The number of carbonyl (C=O) groups excluding carboxylic acids is 1. The first-order chi connectivity index (χ1) is 11.0. The number of amides is 1. The molecule has 2 aromatic carbocycles. The maximum Gasteiger partial charge on any atom is 0.255 e. The zero-order valence-corrected chi connectivity index (χ0v) is 13.3. The summed E-state index contributed by atoms with van der Waals surface area (Å²) in [5.41, 5.74) is 2.43. The second kappa shape index (κ2) is 7.55. The molecule has 4 heteroatoms. The van der Waals surface area contributed by atoms with Crippen LogP contribution in [0.5, 0.6) is 0 Å². The van der Waals surface area contributed by atoms with Crippen molar-refractivity contribution in [1.29, 1.82) is 5.26 Å². The van der Waals surface area contributed by atoms with Crippen molar-refractivity contribution in [3.8, 4) is 6.07 Å². The summed E-state index contributed by atoms with van der Waals surface area (Å²) in [4.78, 5) is 12.3. The lowest BCUT2D eigenvalue weighted by atomic mass is 10.00. The third-order valence-corrected chi connectivity index (χ3v) is 3.40. The largest absolute Gasteiger partial charge is 0.322 e. The monoisotopic (exact) mass is 310 g/mol. The number of nitrogens with zero attached hydrogens (tertiary/aromatic N) is 1. The molecule has 0 aliphatic heterocycles. The Bertz CT molecular complexity index is 747. The van der Waals surface area contributed by atoms with Crippen LogP contribution in [0.1, 0.15) is 35.3 Å². The summed E-state index contributed by atoms with van der Waals surface area (Å²) in [6.45, 7) is 4.01. The molecule has 0 saturated heterocycles. The normalized spacial score (nSPS) is 10.4. The minimum Gasteiger partial charge on any atom is -0.322 e. The molecular weight excluding hydrogens is 291 g/mol. The van der Waals surface area contributed by atoms with Gasteiger partial charge in [0.15, 0.2) is 0 Å². The van der Waals surface area contributed by atoms with Gasteiger partial charge in [0.2, 0.25) is 0 Å². The van der Waals surface area contributed by atoms with Crippen LogP contribution in [-0.2, 0) is 12.8 Å². The molecule has 0 bridgehead atoms. The van der Waals surface area contributed by atoms with E-state index < -0.39 is 0 Å². The molecule has 23 heavy (non-hydrogen) atoms. The van der Waals surface area contributed by atoms with Crippen LogP contribution in [0.15, 0.2) is 42.5 Å². The van der Waals surface area contributed by atoms with Crippen molar-refractivity contribution in [3.63, 3.8) is 0 Å². The highest BCUT2D eigenvalue weighted by Gasteiger charge is 2.11. The number of rotatable bonds is 5. The zero-order chi connectivity index (χ0) is 16.8. The highest BCUT2D eigenvalue weighted by atomic mass is 19.1. The number of nitriles is 1. The van der Waals surface area contributed by atoms with E-state index >= 15 is 0 Å². The lowest BCUT2D eigenvalue weighted by molar-refractivity contribution is 0.102. The van der Waals surface area contributed by atoms with Crippen molar-refractivity contribution in [1.82, 2.24) is 0 Å². The van der Waals surface area contributed by atoms with Crippen LogP contribution in [-0.4, -0.2) is 5.91 Å². The van der Waals surface area contributed by atoms with E-state index in [2.05, 4.69) is 11.4 Å². The van der Waals surface area contributed by atoms with Crippen molar-refractivity contribution in [3.05, 3.63) is 65.0 Å².